The van der Waals surface area contributed by atoms with Crippen LogP contribution < -0.4 is 5.32 Å². The van der Waals surface area contributed by atoms with Crippen LogP contribution in [0.3, 0.4) is 0 Å². The van der Waals surface area contributed by atoms with Crippen molar-refractivity contribution in [1.82, 2.24) is 35.1 Å². The van der Waals surface area contributed by atoms with Gasteiger partial charge in [0.25, 0.3) is 0 Å². The first-order chi connectivity index (χ1) is 24.4. The van der Waals surface area contributed by atoms with Gasteiger partial charge in [0.05, 0.1) is 31.6 Å². The molecule has 0 radical (unpaired) electrons. The minimum absolute atomic E-state index is 0.0228. The smallest absolute Gasteiger partial charge is 0.407 e. The molecule has 2 aliphatic carbocycles. The Kier molecular flexibility index (Phi) is 9.64. The summed E-state index contributed by atoms with van der Waals surface area (Å²) in [6, 6.07) is 3.90. The van der Waals surface area contributed by atoms with Gasteiger partial charge in [-0.3, -0.25) is 9.59 Å². The van der Waals surface area contributed by atoms with Crippen LogP contribution in [0.4, 0.5) is 4.79 Å². The van der Waals surface area contributed by atoms with E-state index in [9.17, 15) is 14.4 Å². The number of hydrogen-bond acceptors (Lipinski definition) is 7. The SMILES string of the molecule is COCC(=O)N1CCC[C@@H]1c1ncc(C#Cc2ccc(C#Cc3cnc(C4CCCN4C(=O)CNC(=O)OC)[nH]3)c3c2CC2(CCCC2)C3)[nH]1. The zero-order chi connectivity index (χ0) is 34.7. The summed E-state index contributed by atoms with van der Waals surface area (Å²) < 4.78 is 9.66. The van der Waals surface area contributed by atoms with E-state index in [1.54, 1.807) is 17.3 Å². The molecule has 3 fully saturated rings. The zero-order valence-electron chi connectivity index (χ0n) is 28.7. The highest BCUT2D eigenvalue weighted by atomic mass is 16.5. The van der Waals surface area contributed by atoms with E-state index >= 15 is 0 Å². The predicted octanol–water partition coefficient (Wildman–Crippen LogP) is 3.92. The van der Waals surface area contributed by atoms with Gasteiger partial charge >= 0.3 is 6.09 Å². The molecule has 2 aromatic heterocycles. The van der Waals surface area contributed by atoms with E-state index in [2.05, 4.69) is 65.8 Å². The average Bonchev–Trinajstić information content (AvgIpc) is 3.97. The Labute approximate surface area is 292 Å². The van der Waals surface area contributed by atoms with Crippen molar-refractivity contribution in [3.63, 3.8) is 0 Å². The number of alkyl carbamates (subject to hydrolysis) is 1. The van der Waals surface area contributed by atoms with Crippen molar-refractivity contribution in [2.45, 2.75) is 76.3 Å². The molecule has 2 saturated heterocycles. The first-order valence-electron chi connectivity index (χ1n) is 17.5. The summed E-state index contributed by atoms with van der Waals surface area (Å²) in [5.41, 5.74) is 6.33. The molecule has 3 N–H and O–H groups in total. The molecule has 3 aromatic rings. The Morgan fingerprint density at radius 1 is 0.820 bits per heavy atom. The van der Waals surface area contributed by atoms with Crippen LogP contribution in [0.5, 0.6) is 0 Å². The van der Waals surface area contributed by atoms with Gasteiger partial charge in [0.1, 0.15) is 36.2 Å². The second kappa shape index (κ2) is 14.4. The van der Waals surface area contributed by atoms with Crippen molar-refractivity contribution in [3.05, 3.63) is 69.8 Å². The number of fused-ring (bicyclic) bond motifs is 1. The Morgan fingerprint density at radius 3 is 1.88 bits per heavy atom. The Hall–Kier alpha value is -5.07. The number of imidazole rings is 2. The Morgan fingerprint density at radius 2 is 1.36 bits per heavy atom. The third kappa shape index (κ3) is 6.86. The summed E-state index contributed by atoms with van der Waals surface area (Å²) in [4.78, 5) is 56.3. The largest absolute Gasteiger partial charge is 0.453 e. The van der Waals surface area contributed by atoms with Gasteiger partial charge in [0.15, 0.2) is 0 Å². The van der Waals surface area contributed by atoms with Crippen molar-refractivity contribution < 1.29 is 23.9 Å². The van der Waals surface area contributed by atoms with Gasteiger partial charge in [0, 0.05) is 31.3 Å². The molecule has 7 rings (SSSR count). The van der Waals surface area contributed by atoms with Crippen molar-refractivity contribution >= 4 is 17.9 Å². The maximum atomic E-state index is 12.8. The number of carbonyl (C=O) groups is 3. The molecular formula is C38H43N7O5. The summed E-state index contributed by atoms with van der Waals surface area (Å²) in [5, 5.41) is 2.47. The first kappa shape index (κ1) is 33.4. The second-order valence-electron chi connectivity index (χ2n) is 13.8. The Balaban J connectivity index is 1.10. The van der Waals surface area contributed by atoms with Crippen LogP contribution in [0, 0.1) is 29.1 Å². The summed E-state index contributed by atoms with van der Waals surface area (Å²) in [5.74, 6) is 14.8. The minimum atomic E-state index is -0.633. The van der Waals surface area contributed by atoms with Crippen LogP contribution in [0.25, 0.3) is 0 Å². The molecule has 2 atom stereocenters. The number of rotatable bonds is 6. The number of amides is 3. The quantitative estimate of drug-likeness (QED) is 0.336. The maximum absolute atomic E-state index is 12.8. The molecular weight excluding hydrogens is 634 g/mol. The van der Waals surface area contributed by atoms with Gasteiger partial charge in [-0.1, -0.05) is 24.7 Å². The highest BCUT2D eigenvalue weighted by Crippen LogP contribution is 2.50. The lowest BCUT2D eigenvalue weighted by molar-refractivity contribution is -0.136. The van der Waals surface area contributed by atoms with Crippen LogP contribution in [0.2, 0.25) is 0 Å². The van der Waals surface area contributed by atoms with Gasteiger partial charge < -0.3 is 34.6 Å². The predicted molar refractivity (Wildman–Crippen MR) is 184 cm³/mol. The molecule has 12 heteroatoms. The fourth-order valence-corrected chi connectivity index (χ4v) is 8.26. The van der Waals surface area contributed by atoms with E-state index in [4.69, 9.17) is 4.74 Å². The molecule has 4 heterocycles. The van der Waals surface area contributed by atoms with E-state index in [0.29, 0.717) is 24.6 Å². The minimum Gasteiger partial charge on any atom is -0.453 e. The fourth-order valence-electron chi connectivity index (χ4n) is 8.26. The van der Waals surface area contributed by atoms with E-state index in [0.717, 1.165) is 61.2 Å². The number of nitrogens with zero attached hydrogens (tertiary/aromatic N) is 4. The summed E-state index contributed by atoms with van der Waals surface area (Å²) in [6.45, 7) is 1.26. The molecule has 2 aliphatic heterocycles. The van der Waals surface area contributed by atoms with Crippen LogP contribution in [-0.2, 0) is 31.9 Å². The van der Waals surface area contributed by atoms with Gasteiger partial charge in [-0.15, -0.1) is 0 Å². The number of benzene rings is 1. The molecule has 4 aliphatic rings. The lowest BCUT2D eigenvalue weighted by Crippen LogP contribution is -2.40. The van der Waals surface area contributed by atoms with Crippen LogP contribution in [-0.4, -0.2) is 88.1 Å². The van der Waals surface area contributed by atoms with E-state index in [1.807, 2.05) is 4.90 Å². The van der Waals surface area contributed by atoms with Gasteiger partial charge in [0.2, 0.25) is 11.8 Å². The Bertz CT molecular complexity index is 1900. The number of H-pyrrole nitrogens is 2. The number of hydrogen-bond donors (Lipinski definition) is 3. The third-order valence-electron chi connectivity index (χ3n) is 10.7. The van der Waals surface area contributed by atoms with Crippen LogP contribution >= 0.6 is 0 Å². The maximum Gasteiger partial charge on any atom is 0.407 e. The number of likely N-dealkylation sites (tertiary alicyclic amines) is 2. The van der Waals surface area contributed by atoms with Crippen LogP contribution in [0.1, 0.15) is 109 Å². The van der Waals surface area contributed by atoms with E-state index < -0.39 is 6.09 Å². The number of methoxy groups -OCH3 is 2. The molecule has 12 nitrogen and oxygen atoms in total. The van der Waals surface area contributed by atoms with Gasteiger partial charge in [-0.2, -0.15) is 0 Å². The fraction of sp³-hybridized carbons (Fsp3) is 0.500. The second-order valence-corrected chi connectivity index (χ2v) is 13.8. The highest BCUT2D eigenvalue weighted by Gasteiger charge is 2.41. The molecule has 50 heavy (non-hydrogen) atoms. The van der Waals surface area contributed by atoms with Crippen molar-refractivity contribution in [3.8, 4) is 23.7 Å². The number of carbonyl (C=O) groups excluding carboxylic acids is 3. The number of aromatic nitrogens is 4. The molecule has 1 spiro atoms. The number of aromatic amines is 2. The standard InChI is InChI=1S/C38H43N7O5/c1-49-24-34(47)45-18-6-8-32(45)36-40-22-28(43-36)14-12-26-10-9-25(29-19-38(20-30(26)29)15-3-4-16-38)11-13-27-21-39-35(42-27)31-7-5-17-44(31)33(46)23-41-37(48)50-2/h9-10,21-22,31-32H,3-8,15-20,23-24H2,1-2H3,(H,39,42)(H,40,43)(H,41,48)/t31?,32-/m1/s1. The van der Waals surface area contributed by atoms with Crippen LogP contribution in [0.15, 0.2) is 24.5 Å². The topological polar surface area (TPSA) is 146 Å². The molecule has 1 saturated carbocycles. The summed E-state index contributed by atoms with van der Waals surface area (Å²) in [7, 11) is 2.81. The molecule has 0 bridgehead atoms. The van der Waals surface area contributed by atoms with Crippen molar-refractivity contribution in [2.24, 2.45) is 5.41 Å². The normalized spacial score (nSPS) is 20.3. The van der Waals surface area contributed by atoms with Crippen molar-refractivity contribution in [1.29, 1.82) is 0 Å². The lowest BCUT2D eigenvalue weighted by atomic mass is 9.83. The monoisotopic (exact) mass is 677 g/mol. The van der Waals surface area contributed by atoms with E-state index in [-0.39, 0.29) is 42.5 Å². The number of nitrogens with one attached hydrogen (secondary N) is 3. The highest BCUT2D eigenvalue weighted by molar-refractivity contribution is 5.82. The number of ether oxygens (including phenoxy) is 2. The molecule has 1 unspecified atom stereocenters. The average molecular weight is 678 g/mol. The molecule has 3 amide bonds. The van der Waals surface area contributed by atoms with Crippen molar-refractivity contribution in [2.75, 3.05) is 40.5 Å². The molecule has 260 valence electrons. The van der Waals surface area contributed by atoms with E-state index in [1.165, 1.54) is 51.0 Å². The zero-order valence-corrected chi connectivity index (χ0v) is 28.7. The lowest BCUT2D eigenvalue weighted by Gasteiger charge is -2.23. The third-order valence-corrected chi connectivity index (χ3v) is 10.7. The summed E-state index contributed by atoms with van der Waals surface area (Å²) >= 11 is 0. The van der Waals surface area contributed by atoms with Gasteiger partial charge in [-0.05, 0) is 91.9 Å². The van der Waals surface area contributed by atoms with Gasteiger partial charge in [-0.25, -0.2) is 14.8 Å². The first-order valence-corrected chi connectivity index (χ1v) is 17.5. The summed E-state index contributed by atoms with van der Waals surface area (Å²) in [6.07, 6.45) is 13.3. The molecule has 1 aromatic carbocycles.